The van der Waals surface area contributed by atoms with E-state index in [1.54, 1.807) is 6.92 Å². The standard InChI is InChI=1S/C14H10Cl2F3N3O2/c1-3-7-20-10-5(15)4-6(17)8(12(10)23-7)11-9(16)13(22(2)21-11)24-14(18)19/h4,14H,3H2,1-2H3. The molecule has 3 rings (SSSR count). The molecule has 0 saturated carbocycles. The minimum atomic E-state index is -3.10. The molecule has 10 heteroatoms. The highest BCUT2D eigenvalue weighted by molar-refractivity contribution is 6.36. The molecule has 0 radical (unpaired) electrons. The molecule has 3 aromatic rings. The Morgan fingerprint density at radius 1 is 1.38 bits per heavy atom. The van der Waals surface area contributed by atoms with Crippen molar-refractivity contribution in [1.29, 1.82) is 0 Å². The largest absolute Gasteiger partial charge is 0.440 e. The van der Waals surface area contributed by atoms with Gasteiger partial charge in [0.05, 0.1) is 10.6 Å². The van der Waals surface area contributed by atoms with Crippen LogP contribution in [0.25, 0.3) is 22.4 Å². The summed E-state index contributed by atoms with van der Waals surface area (Å²) in [4.78, 5) is 4.17. The maximum atomic E-state index is 14.5. The lowest BCUT2D eigenvalue weighted by atomic mass is 10.1. The van der Waals surface area contributed by atoms with Crippen molar-refractivity contribution in [2.45, 2.75) is 20.0 Å². The van der Waals surface area contributed by atoms with E-state index < -0.39 is 12.4 Å². The molecular formula is C14H10Cl2F3N3O2. The van der Waals surface area contributed by atoms with E-state index >= 15 is 0 Å². The predicted molar refractivity (Wildman–Crippen MR) is 82.2 cm³/mol. The molecule has 0 atom stereocenters. The Balaban J connectivity index is 2.29. The molecule has 2 heterocycles. The first kappa shape index (κ1) is 16.9. The first-order valence-electron chi connectivity index (χ1n) is 6.78. The molecule has 0 bridgehead atoms. The number of aromatic nitrogens is 3. The second-order valence-corrected chi connectivity index (χ2v) is 5.61. The molecule has 0 saturated heterocycles. The number of fused-ring (bicyclic) bond motifs is 1. The number of aryl methyl sites for hydroxylation is 2. The Bertz CT molecular complexity index is 924. The highest BCUT2D eigenvalue weighted by Crippen LogP contribution is 2.41. The molecule has 0 aliphatic rings. The molecule has 24 heavy (non-hydrogen) atoms. The van der Waals surface area contributed by atoms with Gasteiger partial charge in [-0.2, -0.15) is 13.9 Å². The topological polar surface area (TPSA) is 53.1 Å². The van der Waals surface area contributed by atoms with Crippen molar-refractivity contribution < 1.29 is 22.3 Å². The third-order valence-electron chi connectivity index (χ3n) is 3.30. The molecule has 0 unspecified atom stereocenters. The maximum Gasteiger partial charge on any atom is 0.388 e. The minimum Gasteiger partial charge on any atom is -0.440 e. The minimum absolute atomic E-state index is 0.0421. The summed E-state index contributed by atoms with van der Waals surface area (Å²) in [7, 11) is 1.34. The van der Waals surface area contributed by atoms with Crippen molar-refractivity contribution >= 4 is 34.3 Å². The van der Waals surface area contributed by atoms with Crippen molar-refractivity contribution in [2.75, 3.05) is 0 Å². The molecule has 0 aliphatic carbocycles. The number of nitrogens with zero attached hydrogens (tertiary/aromatic N) is 3. The quantitative estimate of drug-likeness (QED) is 0.650. The monoisotopic (exact) mass is 379 g/mol. The number of ether oxygens (including phenoxy) is 1. The van der Waals surface area contributed by atoms with Gasteiger partial charge in [-0.25, -0.2) is 14.1 Å². The molecule has 0 N–H and O–H groups in total. The van der Waals surface area contributed by atoms with Crippen LogP contribution < -0.4 is 4.74 Å². The van der Waals surface area contributed by atoms with Gasteiger partial charge in [0, 0.05) is 13.5 Å². The highest BCUT2D eigenvalue weighted by atomic mass is 35.5. The Hall–Kier alpha value is -1.93. The molecule has 128 valence electrons. The van der Waals surface area contributed by atoms with Crippen LogP contribution in [0.4, 0.5) is 13.2 Å². The van der Waals surface area contributed by atoms with Gasteiger partial charge in [-0.15, -0.1) is 0 Å². The zero-order valence-corrected chi connectivity index (χ0v) is 13.9. The molecular weight excluding hydrogens is 370 g/mol. The summed E-state index contributed by atoms with van der Waals surface area (Å²) in [5.74, 6) is -0.816. The lowest BCUT2D eigenvalue weighted by molar-refractivity contribution is -0.0552. The molecule has 0 spiro atoms. The Labute approximate surface area is 143 Å². The van der Waals surface area contributed by atoms with Crippen molar-refractivity contribution in [1.82, 2.24) is 14.8 Å². The van der Waals surface area contributed by atoms with Crippen molar-refractivity contribution in [3.05, 3.63) is 27.8 Å². The smallest absolute Gasteiger partial charge is 0.388 e. The average Bonchev–Trinajstić information content (AvgIpc) is 3.04. The van der Waals surface area contributed by atoms with E-state index in [9.17, 15) is 13.2 Å². The third-order valence-corrected chi connectivity index (χ3v) is 3.93. The van der Waals surface area contributed by atoms with Crippen molar-refractivity contribution in [3.8, 4) is 17.1 Å². The van der Waals surface area contributed by atoms with E-state index in [1.807, 2.05) is 0 Å². The SMILES string of the molecule is CCc1nc2c(Cl)cc(F)c(-c3nn(C)c(OC(F)F)c3Cl)c2o1. The van der Waals surface area contributed by atoms with Gasteiger partial charge in [0.15, 0.2) is 11.5 Å². The highest BCUT2D eigenvalue weighted by Gasteiger charge is 2.27. The second kappa shape index (κ2) is 6.18. The first-order valence-corrected chi connectivity index (χ1v) is 7.54. The van der Waals surface area contributed by atoms with E-state index in [0.717, 1.165) is 10.7 Å². The fourth-order valence-electron chi connectivity index (χ4n) is 2.28. The number of oxazole rings is 1. The van der Waals surface area contributed by atoms with E-state index in [0.29, 0.717) is 12.3 Å². The normalized spacial score (nSPS) is 11.7. The number of benzene rings is 1. The van der Waals surface area contributed by atoms with Crippen LogP contribution in [0.1, 0.15) is 12.8 Å². The van der Waals surface area contributed by atoms with Gasteiger partial charge in [0.25, 0.3) is 0 Å². The summed E-state index contributed by atoms with van der Waals surface area (Å²) < 4.78 is 50.3. The summed E-state index contributed by atoms with van der Waals surface area (Å²) >= 11 is 12.0. The van der Waals surface area contributed by atoms with Crippen LogP contribution in [-0.2, 0) is 13.5 Å². The van der Waals surface area contributed by atoms with Gasteiger partial charge in [-0.05, 0) is 6.07 Å². The van der Waals surface area contributed by atoms with Gasteiger partial charge in [0.2, 0.25) is 5.88 Å². The van der Waals surface area contributed by atoms with E-state index in [4.69, 9.17) is 27.6 Å². The third kappa shape index (κ3) is 2.69. The van der Waals surface area contributed by atoms with Gasteiger partial charge < -0.3 is 9.15 Å². The summed E-state index contributed by atoms with van der Waals surface area (Å²) in [5, 5.41) is 3.76. The van der Waals surface area contributed by atoms with Crippen LogP contribution in [-0.4, -0.2) is 21.4 Å². The average molecular weight is 380 g/mol. The molecule has 0 amide bonds. The number of alkyl halides is 2. The van der Waals surface area contributed by atoms with Gasteiger partial charge >= 0.3 is 6.61 Å². The molecule has 0 aliphatic heterocycles. The van der Waals surface area contributed by atoms with E-state index in [-0.39, 0.29) is 38.3 Å². The van der Waals surface area contributed by atoms with Gasteiger partial charge in [0.1, 0.15) is 22.1 Å². The molecule has 2 aromatic heterocycles. The van der Waals surface area contributed by atoms with Crippen LogP contribution >= 0.6 is 23.2 Å². The summed E-state index contributed by atoms with van der Waals surface area (Å²) in [6.07, 6.45) is 0.460. The van der Waals surface area contributed by atoms with Gasteiger partial charge in [-0.3, -0.25) is 0 Å². The Kier molecular flexibility index (Phi) is 4.35. The fourth-order valence-corrected chi connectivity index (χ4v) is 2.81. The maximum absolute atomic E-state index is 14.5. The number of hydrogen-bond donors (Lipinski definition) is 0. The lowest BCUT2D eigenvalue weighted by Gasteiger charge is -2.04. The Morgan fingerprint density at radius 3 is 2.71 bits per heavy atom. The van der Waals surface area contributed by atoms with Crippen LogP contribution in [0.15, 0.2) is 10.5 Å². The summed E-state index contributed by atoms with van der Waals surface area (Å²) in [6.45, 7) is -1.30. The molecule has 0 fully saturated rings. The fraction of sp³-hybridized carbons (Fsp3) is 0.286. The van der Waals surface area contributed by atoms with E-state index in [1.165, 1.54) is 7.05 Å². The van der Waals surface area contributed by atoms with E-state index in [2.05, 4.69) is 14.8 Å². The van der Waals surface area contributed by atoms with Crippen LogP contribution in [0.2, 0.25) is 10.0 Å². The zero-order valence-electron chi connectivity index (χ0n) is 12.4. The second-order valence-electron chi connectivity index (χ2n) is 4.82. The van der Waals surface area contributed by atoms with Crippen LogP contribution in [0.5, 0.6) is 5.88 Å². The predicted octanol–water partition coefficient (Wildman–Crippen LogP) is 4.84. The molecule has 5 nitrogen and oxygen atoms in total. The van der Waals surface area contributed by atoms with Crippen LogP contribution in [0, 0.1) is 5.82 Å². The Morgan fingerprint density at radius 2 is 2.08 bits per heavy atom. The molecule has 1 aromatic carbocycles. The zero-order chi connectivity index (χ0) is 17.6. The van der Waals surface area contributed by atoms with Crippen molar-refractivity contribution in [3.63, 3.8) is 0 Å². The number of halogens is 5. The summed E-state index contributed by atoms with van der Waals surface area (Å²) in [6, 6.07) is 1.04. The lowest BCUT2D eigenvalue weighted by Crippen LogP contribution is -2.06. The summed E-state index contributed by atoms with van der Waals surface area (Å²) in [5.41, 5.74) is 0.0579. The number of rotatable bonds is 4. The first-order chi connectivity index (χ1) is 11.3. The number of hydrogen-bond acceptors (Lipinski definition) is 4. The van der Waals surface area contributed by atoms with Crippen LogP contribution in [0.3, 0.4) is 0 Å². The van der Waals surface area contributed by atoms with Gasteiger partial charge in [-0.1, -0.05) is 30.1 Å². The van der Waals surface area contributed by atoms with Crippen molar-refractivity contribution in [2.24, 2.45) is 7.05 Å².